The van der Waals surface area contributed by atoms with E-state index in [-0.39, 0.29) is 17.4 Å². The predicted molar refractivity (Wildman–Crippen MR) is 118 cm³/mol. The van der Waals surface area contributed by atoms with Gasteiger partial charge in [0, 0.05) is 49.4 Å². The second-order valence-electron chi connectivity index (χ2n) is 9.72. The normalized spacial score (nSPS) is 24.0. The topological polar surface area (TPSA) is 86.4 Å². The highest BCUT2D eigenvalue weighted by molar-refractivity contribution is 7.89. The lowest BCUT2D eigenvalue weighted by Gasteiger charge is -2.42. The molecule has 30 heavy (non-hydrogen) atoms. The fourth-order valence-corrected chi connectivity index (χ4v) is 6.65. The number of carbonyl (C=O) groups excluding carboxylic acids is 1. The molecule has 2 fully saturated rings. The molecule has 1 N–H and O–H groups in total. The van der Waals surface area contributed by atoms with E-state index in [1.807, 2.05) is 33.0 Å². The maximum absolute atomic E-state index is 13.1. The Balaban J connectivity index is 1.35. The molecule has 7 nitrogen and oxygen atoms in total. The number of H-pyrrole nitrogens is 1. The number of carbonyl (C=O) groups is 1. The predicted octanol–water partition coefficient (Wildman–Crippen LogP) is 3.11. The Morgan fingerprint density at radius 3 is 2.53 bits per heavy atom. The molecular formula is C22H32N4O3S. The van der Waals surface area contributed by atoms with Crippen molar-refractivity contribution < 1.29 is 13.2 Å². The van der Waals surface area contributed by atoms with Crippen LogP contribution < -0.4 is 0 Å². The monoisotopic (exact) mass is 432 g/mol. The third kappa shape index (κ3) is 3.75. The van der Waals surface area contributed by atoms with Crippen molar-refractivity contribution in [3.8, 4) is 0 Å². The molecule has 0 unspecified atom stereocenters. The van der Waals surface area contributed by atoms with Gasteiger partial charge in [-0.05, 0) is 70.1 Å². The lowest BCUT2D eigenvalue weighted by molar-refractivity contribution is -0.141. The summed E-state index contributed by atoms with van der Waals surface area (Å²) in [6, 6.07) is 4.00. The molecule has 8 heteroatoms. The van der Waals surface area contributed by atoms with E-state index in [0.29, 0.717) is 31.8 Å². The van der Waals surface area contributed by atoms with E-state index in [1.54, 1.807) is 22.4 Å². The van der Waals surface area contributed by atoms with Crippen LogP contribution in [0.2, 0.25) is 0 Å². The summed E-state index contributed by atoms with van der Waals surface area (Å²) in [5.41, 5.74) is 1.86. The number of sulfonamides is 1. The molecule has 0 atom stereocenters. The van der Waals surface area contributed by atoms with Crippen molar-refractivity contribution in [2.24, 2.45) is 5.92 Å². The quantitative estimate of drug-likeness (QED) is 0.804. The number of nitrogens with zero attached hydrogens (tertiary/aromatic N) is 3. The van der Waals surface area contributed by atoms with Gasteiger partial charge in [0.05, 0.1) is 5.25 Å². The molecule has 0 aromatic carbocycles. The first kappa shape index (κ1) is 21.3. The van der Waals surface area contributed by atoms with Gasteiger partial charge in [0.25, 0.3) is 0 Å². The van der Waals surface area contributed by atoms with Gasteiger partial charge < -0.3 is 9.88 Å². The van der Waals surface area contributed by atoms with Crippen LogP contribution in [0.25, 0.3) is 11.0 Å². The van der Waals surface area contributed by atoms with Gasteiger partial charge in [-0.2, -0.15) is 0 Å². The second kappa shape index (κ2) is 7.64. The lowest BCUT2D eigenvalue weighted by Crippen LogP contribution is -2.53. The maximum atomic E-state index is 13.1. The summed E-state index contributed by atoms with van der Waals surface area (Å²) in [6.45, 7) is 7.05. The van der Waals surface area contributed by atoms with Crippen LogP contribution in [0, 0.1) is 5.92 Å². The summed E-state index contributed by atoms with van der Waals surface area (Å²) >= 11 is 0. The SMILES string of the molecule is CN(C(=O)C1CC(S(=O)(=O)N2CCC(c3c[nH]c4ncccc34)CC2)C1)C(C)(C)C. The Kier molecular flexibility index (Phi) is 5.43. The zero-order valence-electron chi connectivity index (χ0n) is 18.3. The molecule has 1 saturated carbocycles. The van der Waals surface area contributed by atoms with Crippen molar-refractivity contribution in [3.05, 3.63) is 30.1 Å². The van der Waals surface area contributed by atoms with Crippen LogP contribution in [0.15, 0.2) is 24.5 Å². The minimum Gasteiger partial charge on any atom is -0.346 e. The average Bonchev–Trinajstić information content (AvgIpc) is 3.09. The number of nitrogens with one attached hydrogen (secondary N) is 1. The van der Waals surface area contributed by atoms with E-state index < -0.39 is 15.3 Å². The minimum absolute atomic E-state index is 0.0561. The van der Waals surface area contributed by atoms with Crippen molar-refractivity contribution in [1.82, 2.24) is 19.2 Å². The van der Waals surface area contributed by atoms with E-state index in [2.05, 4.69) is 16.0 Å². The summed E-state index contributed by atoms with van der Waals surface area (Å²) in [4.78, 5) is 21.9. The average molecular weight is 433 g/mol. The van der Waals surface area contributed by atoms with Gasteiger partial charge in [-0.25, -0.2) is 17.7 Å². The zero-order chi connectivity index (χ0) is 21.7. The molecule has 3 heterocycles. The number of amides is 1. The summed E-state index contributed by atoms with van der Waals surface area (Å²) in [6.07, 6.45) is 6.28. The molecule has 2 aromatic rings. The van der Waals surface area contributed by atoms with Gasteiger partial charge in [0.1, 0.15) is 5.65 Å². The Morgan fingerprint density at radius 1 is 1.23 bits per heavy atom. The van der Waals surface area contributed by atoms with E-state index in [1.165, 1.54) is 5.56 Å². The Bertz CT molecular complexity index is 1030. The van der Waals surface area contributed by atoms with Gasteiger partial charge in [0.2, 0.25) is 15.9 Å². The number of aromatic nitrogens is 2. The summed E-state index contributed by atoms with van der Waals surface area (Å²) in [5, 5.41) is 0.704. The van der Waals surface area contributed by atoms with Crippen LogP contribution in [0.4, 0.5) is 0 Å². The molecule has 4 rings (SSSR count). The fourth-order valence-electron chi connectivity index (χ4n) is 4.56. The lowest BCUT2D eigenvalue weighted by atomic mass is 9.83. The molecule has 0 radical (unpaired) electrons. The van der Waals surface area contributed by atoms with Crippen LogP contribution in [0.1, 0.15) is 57.9 Å². The van der Waals surface area contributed by atoms with Crippen LogP contribution in [-0.2, 0) is 14.8 Å². The standard InChI is InChI=1S/C22H32N4O3S/c1-22(2,3)25(4)21(27)16-12-17(13-16)30(28,29)26-10-7-15(8-11-26)19-14-24-20-18(19)6-5-9-23-20/h5-6,9,14-17H,7-8,10-13H2,1-4H3,(H,23,24). The Hall–Kier alpha value is -1.93. The van der Waals surface area contributed by atoms with E-state index in [9.17, 15) is 13.2 Å². The molecule has 1 saturated heterocycles. The number of pyridine rings is 1. The van der Waals surface area contributed by atoms with Crippen molar-refractivity contribution in [1.29, 1.82) is 0 Å². The number of hydrogen-bond donors (Lipinski definition) is 1. The van der Waals surface area contributed by atoms with E-state index in [4.69, 9.17) is 0 Å². The molecule has 0 bridgehead atoms. The second-order valence-corrected chi connectivity index (χ2v) is 11.9. The van der Waals surface area contributed by atoms with Crippen LogP contribution >= 0.6 is 0 Å². The number of fused-ring (bicyclic) bond motifs is 1. The van der Waals surface area contributed by atoms with Gasteiger partial charge in [-0.3, -0.25) is 4.79 Å². The number of hydrogen-bond acceptors (Lipinski definition) is 4. The van der Waals surface area contributed by atoms with Crippen molar-refractivity contribution in [2.75, 3.05) is 20.1 Å². The Morgan fingerprint density at radius 2 is 1.90 bits per heavy atom. The molecule has 2 aliphatic rings. The smallest absolute Gasteiger partial charge is 0.225 e. The highest BCUT2D eigenvalue weighted by Gasteiger charge is 2.47. The molecule has 1 amide bonds. The number of aromatic amines is 1. The van der Waals surface area contributed by atoms with Gasteiger partial charge >= 0.3 is 0 Å². The molecule has 164 valence electrons. The van der Waals surface area contributed by atoms with E-state index in [0.717, 1.165) is 23.9 Å². The largest absolute Gasteiger partial charge is 0.346 e. The molecular weight excluding hydrogens is 400 g/mol. The highest BCUT2D eigenvalue weighted by Crippen LogP contribution is 2.39. The third-order valence-corrected chi connectivity index (χ3v) is 9.25. The Labute approximate surface area is 178 Å². The highest BCUT2D eigenvalue weighted by atomic mass is 32.2. The minimum atomic E-state index is -3.35. The first-order valence-electron chi connectivity index (χ1n) is 10.8. The first-order valence-corrected chi connectivity index (χ1v) is 12.3. The van der Waals surface area contributed by atoms with Crippen LogP contribution in [0.5, 0.6) is 0 Å². The van der Waals surface area contributed by atoms with Crippen molar-refractivity contribution in [3.63, 3.8) is 0 Å². The van der Waals surface area contributed by atoms with Gasteiger partial charge in [0.15, 0.2) is 0 Å². The number of piperidine rings is 1. The van der Waals surface area contributed by atoms with Crippen LogP contribution in [0.3, 0.4) is 0 Å². The zero-order valence-corrected chi connectivity index (χ0v) is 19.1. The van der Waals surface area contributed by atoms with Crippen molar-refractivity contribution >= 4 is 27.0 Å². The molecule has 2 aromatic heterocycles. The molecule has 1 aliphatic heterocycles. The summed E-state index contributed by atoms with van der Waals surface area (Å²) in [7, 11) is -1.54. The fraction of sp³-hybridized carbons (Fsp3) is 0.636. The van der Waals surface area contributed by atoms with Gasteiger partial charge in [-0.15, -0.1) is 0 Å². The number of rotatable bonds is 4. The van der Waals surface area contributed by atoms with Crippen molar-refractivity contribution in [2.45, 2.75) is 63.2 Å². The van der Waals surface area contributed by atoms with Gasteiger partial charge in [-0.1, -0.05) is 0 Å². The summed E-state index contributed by atoms with van der Waals surface area (Å²) in [5.74, 6) is 0.219. The van der Waals surface area contributed by atoms with Crippen LogP contribution in [-0.4, -0.2) is 64.4 Å². The third-order valence-electron chi connectivity index (χ3n) is 6.94. The maximum Gasteiger partial charge on any atom is 0.225 e. The van der Waals surface area contributed by atoms with E-state index >= 15 is 0 Å². The molecule has 0 spiro atoms. The summed E-state index contributed by atoms with van der Waals surface area (Å²) < 4.78 is 27.8. The first-order chi connectivity index (χ1) is 14.1. The molecule has 1 aliphatic carbocycles.